The Morgan fingerprint density at radius 1 is 1.27 bits per heavy atom. The third kappa shape index (κ3) is 4.07. The Labute approximate surface area is 154 Å². The van der Waals surface area contributed by atoms with Crippen LogP contribution in [0.3, 0.4) is 0 Å². The van der Waals surface area contributed by atoms with Crippen LogP contribution >= 0.6 is 0 Å². The van der Waals surface area contributed by atoms with E-state index in [-0.39, 0.29) is 22.9 Å². The minimum absolute atomic E-state index is 0.0439. The summed E-state index contributed by atoms with van der Waals surface area (Å²) in [6, 6.07) is 5.58. The molecule has 1 aliphatic rings. The van der Waals surface area contributed by atoms with E-state index < -0.39 is 27.4 Å². The molecule has 2 unspecified atom stereocenters. The second-order valence-corrected chi connectivity index (χ2v) is 8.82. The molecule has 0 bridgehead atoms. The number of aliphatic carboxylic acids is 1. The summed E-state index contributed by atoms with van der Waals surface area (Å²) in [5.41, 5.74) is -1.15. The van der Waals surface area contributed by atoms with E-state index in [1.807, 2.05) is 6.92 Å². The second kappa shape index (κ2) is 7.75. The number of carboxylic acids is 1. The number of benzene rings is 1. The molecule has 1 saturated heterocycles. The van der Waals surface area contributed by atoms with Crippen molar-refractivity contribution >= 4 is 21.9 Å². The van der Waals surface area contributed by atoms with E-state index in [1.54, 1.807) is 6.92 Å². The van der Waals surface area contributed by atoms with Crippen LogP contribution in [-0.4, -0.2) is 47.8 Å². The van der Waals surface area contributed by atoms with Crippen molar-refractivity contribution in [3.63, 3.8) is 0 Å². The standard InChI is InChI=1S/C18H26N2O5S/c1-4-18(3,17(22)23)19-16(21)14-8-10-15(11-9-14)26(24,25)20-12-6-5-7-13(20)2/h8-11,13H,4-7,12H2,1-3H3,(H,19,21)(H,22,23). The normalized spacial score (nSPS) is 21.0. The number of amides is 1. The first-order chi connectivity index (χ1) is 12.1. The first-order valence-corrected chi connectivity index (χ1v) is 10.2. The molecule has 8 heteroatoms. The Morgan fingerprint density at radius 3 is 2.38 bits per heavy atom. The summed E-state index contributed by atoms with van der Waals surface area (Å²) in [6.45, 7) is 5.50. The summed E-state index contributed by atoms with van der Waals surface area (Å²) in [7, 11) is -3.60. The molecule has 1 aliphatic heterocycles. The highest BCUT2D eigenvalue weighted by molar-refractivity contribution is 7.89. The maximum Gasteiger partial charge on any atom is 0.329 e. The van der Waals surface area contributed by atoms with Gasteiger partial charge in [0.1, 0.15) is 5.54 Å². The van der Waals surface area contributed by atoms with Crippen LogP contribution in [0.5, 0.6) is 0 Å². The summed E-state index contributed by atoms with van der Waals surface area (Å²) in [4.78, 5) is 23.8. The van der Waals surface area contributed by atoms with E-state index in [4.69, 9.17) is 0 Å². The van der Waals surface area contributed by atoms with Gasteiger partial charge >= 0.3 is 5.97 Å². The molecule has 1 aromatic carbocycles. The molecule has 2 atom stereocenters. The summed E-state index contributed by atoms with van der Waals surface area (Å²) >= 11 is 0. The van der Waals surface area contributed by atoms with Gasteiger partial charge in [-0.3, -0.25) is 4.79 Å². The number of sulfonamides is 1. The van der Waals surface area contributed by atoms with Gasteiger partial charge < -0.3 is 10.4 Å². The van der Waals surface area contributed by atoms with Crippen molar-refractivity contribution in [2.45, 2.75) is 62.9 Å². The van der Waals surface area contributed by atoms with E-state index in [0.29, 0.717) is 6.54 Å². The zero-order valence-electron chi connectivity index (χ0n) is 15.4. The molecule has 0 radical (unpaired) electrons. The monoisotopic (exact) mass is 382 g/mol. The maximum atomic E-state index is 12.8. The SMILES string of the molecule is CCC(C)(NC(=O)c1ccc(S(=O)(=O)N2CCCCC2C)cc1)C(=O)O. The topological polar surface area (TPSA) is 104 Å². The van der Waals surface area contributed by atoms with Gasteiger partial charge in [-0.1, -0.05) is 13.3 Å². The fourth-order valence-electron chi connectivity index (χ4n) is 2.96. The van der Waals surface area contributed by atoms with Gasteiger partial charge in [0.15, 0.2) is 0 Å². The first kappa shape index (κ1) is 20.4. The van der Waals surface area contributed by atoms with Crippen LogP contribution in [0.4, 0.5) is 0 Å². The predicted molar refractivity (Wildman–Crippen MR) is 97.4 cm³/mol. The van der Waals surface area contributed by atoms with Crippen LogP contribution in [-0.2, 0) is 14.8 Å². The van der Waals surface area contributed by atoms with Crippen LogP contribution < -0.4 is 5.32 Å². The minimum Gasteiger partial charge on any atom is -0.480 e. The van der Waals surface area contributed by atoms with Gasteiger partial charge in [0, 0.05) is 18.2 Å². The molecule has 0 spiro atoms. The third-order valence-corrected chi connectivity index (χ3v) is 7.06. The second-order valence-electron chi connectivity index (χ2n) is 6.93. The van der Waals surface area contributed by atoms with Crippen molar-refractivity contribution in [2.75, 3.05) is 6.54 Å². The van der Waals surface area contributed by atoms with Crippen LogP contribution in [0.2, 0.25) is 0 Å². The summed E-state index contributed by atoms with van der Waals surface area (Å²) in [5, 5.41) is 11.7. The number of nitrogens with zero attached hydrogens (tertiary/aromatic N) is 1. The average Bonchev–Trinajstić information content (AvgIpc) is 2.61. The lowest BCUT2D eigenvalue weighted by Gasteiger charge is -2.32. The lowest BCUT2D eigenvalue weighted by atomic mass is 9.98. The number of rotatable bonds is 6. The molecule has 2 N–H and O–H groups in total. The maximum absolute atomic E-state index is 12.8. The molecule has 1 amide bonds. The largest absolute Gasteiger partial charge is 0.480 e. The Kier molecular flexibility index (Phi) is 6.08. The molecule has 1 aromatic rings. The number of hydrogen-bond acceptors (Lipinski definition) is 4. The van der Waals surface area contributed by atoms with Crippen LogP contribution in [0.25, 0.3) is 0 Å². The van der Waals surface area contributed by atoms with Gasteiger partial charge in [-0.05, 0) is 57.4 Å². The van der Waals surface area contributed by atoms with E-state index >= 15 is 0 Å². The highest BCUT2D eigenvalue weighted by Crippen LogP contribution is 2.25. The molecule has 2 rings (SSSR count). The van der Waals surface area contributed by atoms with Crippen molar-refractivity contribution in [3.05, 3.63) is 29.8 Å². The molecular weight excluding hydrogens is 356 g/mol. The van der Waals surface area contributed by atoms with Crippen molar-refractivity contribution in [1.29, 1.82) is 0 Å². The van der Waals surface area contributed by atoms with E-state index in [2.05, 4.69) is 5.32 Å². The number of nitrogens with one attached hydrogen (secondary N) is 1. The van der Waals surface area contributed by atoms with Gasteiger partial charge in [-0.2, -0.15) is 4.31 Å². The number of carboxylic acid groups (broad SMARTS) is 1. The number of hydrogen-bond donors (Lipinski definition) is 2. The Morgan fingerprint density at radius 2 is 1.88 bits per heavy atom. The van der Waals surface area contributed by atoms with Crippen molar-refractivity contribution in [2.24, 2.45) is 0 Å². The Balaban J connectivity index is 2.20. The number of carbonyl (C=O) groups is 2. The van der Waals surface area contributed by atoms with Crippen LogP contribution in [0.1, 0.15) is 56.8 Å². The minimum atomic E-state index is -3.60. The molecule has 1 heterocycles. The molecule has 0 aliphatic carbocycles. The Bertz CT molecular complexity index is 775. The molecular formula is C18H26N2O5S. The Hall–Kier alpha value is -1.93. The zero-order valence-corrected chi connectivity index (χ0v) is 16.2. The summed E-state index contributed by atoms with van der Waals surface area (Å²) in [6.07, 6.45) is 2.93. The van der Waals surface area contributed by atoms with E-state index in [1.165, 1.54) is 35.5 Å². The van der Waals surface area contributed by atoms with Crippen molar-refractivity contribution in [1.82, 2.24) is 9.62 Å². The van der Waals surface area contributed by atoms with Gasteiger partial charge in [0.2, 0.25) is 10.0 Å². The van der Waals surface area contributed by atoms with Crippen LogP contribution in [0.15, 0.2) is 29.2 Å². The molecule has 0 aromatic heterocycles. The molecule has 144 valence electrons. The average molecular weight is 382 g/mol. The number of piperidine rings is 1. The zero-order chi connectivity index (χ0) is 19.5. The lowest BCUT2D eigenvalue weighted by Crippen LogP contribution is -2.51. The van der Waals surface area contributed by atoms with Crippen molar-refractivity contribution < 1.29 is 23.1 Å². The fourth-order valence-corrected chi connectivity index (χ4v) is 4.66. The summed E-state index contributed by atoms with van der Waals surface area (Å²) in [5.74, 6) is -1.67. The molecule has 0 saturated carbocycles. The quantitative estimate of drug-likeness (QED) is 0.785. The van der Waals surface area contributed by atoms with Gasteiger partial charge in [-0.25, -0.2) is 13.2 Å². The fraction of sp³-hybridized carbons (Fsp3) is 0.556. The first-order valence-electron chi connectivity index (χ1n) is 8.79. The van der Waals surface area contributed by atoms with Crippen LogP contribution in [0, 0.1) is 0 Å². The van der Waals surface area contributed by atoms with Gasteiger partial charge in [0.25, 0.3) is 5.91 Å². The summed E-state index contributed by atoms with van der Waals surface area (Å²) < 4.78 is 27.1. The van der Waals surface area contributed by atoms with Gasteiger partial charge in [0.05, 0.1) is 4.90 Å². The van der Waals surface area contributed by atoms with Crippen molar-refractivity contribution in [3.8, 4) is 0 Å². The van der Waals surface area contributed by atoms with E-state index in [9.17, 15) is 23.1 Å². The molecule has 1 fully saturated rings. The van der Waals surface area contributed by atoms with Gasteiger partial charge in [-0.15, -0.1) is 0 Å². The molecule has 7 nitrogen and oxygen atoms in total. The smallest absolute Gasteiger partial charge is 0.329 e. The molecule has 26 heavy (non-hydrogen) atoms. The number of carbonyl (C=O) groups excluding carboxylic acids is 1. The highest BCUT2D eigenvalue weighted by Gasteiger charge is 2.34. The predicted octanol–water partition coefficient (Wildman–Crippen LogP) is 2.23. The lowest BCUT2D eigenvalue weighted by molar-refractivity contribution is -0.143. The third-order valence-electron chi connectivity index (χ3n) is 5.03. The highest BCUT2D eigenvalue weighted by atomic mass is 32.2. The van der Waals surface area contributed by atoms with E-state index in [0.717, 1.165) is 19.3 Å².